The Bertz CT molecular complexity index is 421. The largest absolute Gasteiger partial charge is 0.490 e. The third-order valence-corrected chi connectivity index (χ3v) is 4.33. The van der Waals surface area contributed by atoms with E-state index in [1.807, 2.05) is 24.3 Å². The van der Waals surface area contributed by atoms with Crippen molar-refractivity contribution in [3.05, 3.63) is 29.8 Å². The summed E-state index contributed by atoms with van der Waals surface area (Å²) in [5.74, 6) is 1.19. The van der Waals surface area contributed by atoms with Crippen LogP contribution in [0.4, 0.5) is 0 Å². The summed E-state index contributed by atoms with van der Waals surface area (Å²) < 4.78 is 5.74. The number of hydrogen-bond acceptors (Lipinski definition) is 3. The molecular formula is C17H25NO2. The van der Waals surface area contributed by atoms with Gasteiger partial charge in [0.05, 0.1) is 12.2 Å². The van der Waals surface area contributed by atoms with Crippen LogP contribution in [-0.2, 0) is 0 Å². The average Bonchev–Trinajstić information content (AvgIpc) is 3.12. The smallest absolute Gasteiger partial charge is 0.119 e. The number of likely N-dealkylation sites (tertiary alicyclic amines) is 1. The van der Waals surface area contributed by atoms with Crippen molar-refractivity contribution >= 4 is 0 Å². The van der Waals surface area contributed by atoms with Crippen LogP contribution in [0.1, 0.15) is 44.3 Å². The van der Waals surface area contributed by atoms with Crippen LogP contribution >= 0.6 is 0 Å². The zero-order valence-electron chi connectivity index (χ0n) is 12.3. The minimum absolute atomic E-state index is 0.267. The standard InChI is InChI=1S/C17H25NO2/c1-13(12-18-10-2-3-11-18)17(19)14-4-6-15(7-5-14)20-16-8-9-16/h4-7,13,16-17,19H,2-3,8-12H2,1H3/t13-,17+/m1/s1. The van der Waals surface area contributed by atoms with E-state index in [0.717, 1.165) is 17.9 Å². The van der Waals surface area contributed by atoms with Gasteiger partial charge in [-0.3, -0.25) is 0 Å². The molecule has 0 aromatic heterocycles. The molecule has 3 nitrogen and oxygen atoms in total. The highest BCUT2D eigenvalue weighted by Crippen LogP contribution is 2.29. The Morgan fingerprint density at radius 1 is 1.20 bits per heavy atom. The third kappa shape index (κ3) is 3.53. The highest BCUT2D eigenvalue weighted by molar-refractivity contribution is 5.29. The van der Waals surface area contributed by atoms with Crippen molar-refractivity contribution in [2.75, 3.05) is 19.6 Å². The van der Waals surface area contributed by atoms with E-state index in [0.29, 0.717) is 6.10 Å². The van der Waals surface area contributed by atoms with Crippen LogP contribution in [0.15, 0.2) is 24.3 Å². The molecule has 0 bridgehead atoms. The van der Waals surface area contributed by atoms with Gasteiger partial charge in [-0.05, 0) is 62.4 Å². The molecule has 1 saturated heterocycles. The summed E-state index contributed by atoms with van der Waals surface area (Å²) in [7, 11) is 0. The number of hydrogen-bond donors (Lipinski definition) is 1. The van der Waals surface area contributed by atoms with Gasteiger partial charge in [-0.1, -0.05) is 19.1 Å². The monoisotopic (exact) mass is 275 g/mol. The van der Waals surface area contributed by atoms with E-state index in [1.54, 1.807) is 0 Å². The number of nitrogens with zero attached hydrogens (tertiary/aromatic N) is 1. The zero-order chi connectivity index (χ0) is 13.9. The second-order valence-corrected chi connectivity index (χ2v) is 6.32. The number of rotatable bonds is 6. The Hall–Kier alpha value is -1.06. The van der Waals surface area contributed by atoms with Crippen molar-refractivity contribution in [2.24, 2.45) is 5.92 Å². The van der Waals surface area contributed by atoms with Gasteiger partial charge in [-0.15, -0.1) is 0 Å². The first-order chi connectivity index (χ1) is 9.72. The molecule has 0 amide bonds. The predicted molar refractivity (Wildman–Crippen MR) is 79.9 cm³/mol. The van der Waals surface area contributed by atoms with E-state index < -0.39 is 0 Å². The minimum Gasteiger partial charge on any atom is -0.490 e. The summed E-state index contributed by atoms with van der Waals surface area (Å²) in [6.45, 7) is 5.50. The molecule has 0 spiro atoms. The molecule has 1 aromatic carbocycles. The fourth-order valence-electron chi connectivity index (χ4n) is 2.92. The van der Waals surface area contributed by atoms with Gasteiger partial charge in [-0.25, -0.2) is 0 Å². The second kappa shape index (κ2) is 6.15. The maximum atomic E-state index is 10.5. The fraction of sp³-hybridized carbons (Fsp3) is 0.647. The first-order valence-corrected chi connectivity index (χ1v) is 7.89. The lowest BCUT2D eigenvalue weighted by molar-refractivity contribution is 0.0945. The van der Waals surface area contributed by atoms with Gasteiger partial charge in [0.2, 0.25) is 0 Å². The molecule has 1 N–H and O–H groups in total. The van der Waals surface area contributed by atoms with Gasteiger partial charge < -0.3 is 14.7 Å². The van der Waals surface area contributed by atoms with Crippen molar-refractivity contribution in [3.8, 4) is 5.75 Å². The quantitative estimate of drug-likeness (QED) is 0.866. The lowest BCUT2D eigenvalue weighted by atomic mass is 9.97. The molecule has 0 unspecified atom stereocenters. The van der Waals surface area contributed by atoms with Crippen LogP contribution in [0, 0.1) is 5.92 Å². The molecule has 3 rings (SSSR count). The highest BCUT2D eigenvalue weighted by atomic mass is 16.5. The lowest BCUT2D eigenvalue weighted by Gasteiger charge is -2.24. The average molecular weight is 275 g/mol. The maximum absolute atomic E-state index is 10.5. The molecule has 2 aliphatic rings. The summed E-state index contributed by atoms with van der Waals surface area (Å²) in [4.78, 5) is 2.46. The Balaban J connectivity index is 1.55. The van der Waals surface area contributed by atoms with E-state index >= 15 is 0 Å². The number of aliphatic hydroxyl groups is 1. The molecule has 1 heterocycles. The van der Waals surface area contributed by atoms with E-state index in [4.69, 9.17) is 4.74 Å². The molecule has 20 heavy (non-hydrogen) atoms. The SMILES string of the molecule is C[C@H](CN1CCCC1)[C@H](O)c1ccc(OC2CC2)cc1. The Kier molecular flexibility index (Phi) is 4.27. The van der Waals surface area contributed by atoms with Gasteiger partial charge in [-0.2, -0.15) is 0 Å². The van der Waals surface area contributed by atoms with Crippen LogP contribution in [0.25, 0.3) is 0 Å². The van der Waals surface area contributed by atoms with Crippen molar-refractivity contribution in [3.63, 3.8) is 0 Å². The van der Waals surface area contributed by atoms with Gasteiger partial charge in [0.15, 0.2) is 0 Å². The van der Waals surface area contributed by atoms with Gasteiger partial charge in [0.1, 0.15) is 5.75 Å². The molecule has 1 aromatic rings. The molecule has 1 aliphatic carbocycles. The fourth-order valence-corrected chi connectivity index (χ4v) is 2.92. The number of benzene rings is 1. The number of aliphatic hydroxyl groups excluding tert-OH is 1. The lowest BCUT2D eigenvalue weighted by Crippen LogP contribution is -2.28. The predicted octanol–water partition coefficient (Wildman–Crippen LogP) is 2.99. The maximum Gasteiger partial charge on any atom is 0.119 e. The van der Waals surface area contributed by atoms with Crippen molar-refractivity contribution in [1.82, 2.24) is 4.90 Å². The molecule has 3 heteroatoms. The van der Waals surface area contributed by atoms with Gasteiger partial charge >= 0.3 is 0 Å². The molecule has 2 fully saturated rings. The van der Waals surface area contributed by atoms with E-state index in [2.05, 4.69) is 11.8 Å². The third-order valence-electron chi connectivity index (χ3n) is 4.33. The molecule has 0 radical (unpaired) electrons. The first kappa shape index (κ1) is 13.9. The van der Waals surface area contributed by atoms with E-state index in [-0.39, 0.29) is 12.0 Å². The topological polar surface area (TPSA) is 32.7 Å². The normalized spacial score (nSPS) is 22.7. The Labute approximate surface area is 121 Å². The molecule has 1 aliphatic heterocycles. The van der Waals surface area contributed by atoms with Gasteiger partial charge in [0, 0.05) is 6.54 Å². The van der Waals surface area contributed by atoms with Crippen molar-refractivity contribution in [2.45, 2.75) is 44.8 Å². The van der Waals surface area contributed by atoms with Crippen LogP contribution in [0.5, 0.6) is 5.75 Å². The minimum atomic E-state index is -0.384. The van der Waals surface area contributed by atoms with E-state index in [1.165, 1.54) is 38.8 Å². The summed E-state index contributed by atoms with van der Waals surface area (Å²) >= 11 is 0. The van der Waals surface area contributed by atoms with Crippen LogP contribution in [0.3, 0.4) is 0 Å². The zero-order valence-corrected chi connectivity index (χ0v) is 12.3. The Morgan fingerprint density at radius 3 is 2.45 bits per heavy atom. The number of ether oxygens (including phenoxy) is 1. The highest BCUT2D eigenvalue weighted by Gasteiger charge is 2.24. The van der Waals surface area contributed by atoms with Crippen LogP contribution in [-0.4, -0.2) is 35.7 Å². The summed E-state index contributed by atoms with van der Waals surface area (Å²) in [6.07, 6.45) is 5.01. The summed E-state index contributed by atoms with van der Waals surface area (Å²) in [6, 6.07) is 7.98. The molecular weight excluding hydrogens is 250 g/mol. The molecule has 1 saturated carbocycles. The Morgan fingerprint density at radius 2 is 1.85 bits per heavy atom. The summed E-state index contributed by atoms with van der Waals surface area (Å²) in [5.41, 5.74) is 1.000. The van der Waals surface area contributed by atoms with Crippen LogP contribution < -0.4 is 4.74 Å². The second-order valence-electron chi connectivity index (χ2n) is 6.32. The molecule has 110 valence electrons. The first-order valence-electron chi connectivity index (χ1n) is 7.89. The van der Waals surface area contributed by atoms with Crippen molar-refractivity contribution in [1.29, 1.82) is 0 Å². The van der Waals surface area contributed by atoms with Crippen LogP contribution in [0.2, 0.25) is 0 Å². The van der Waals surface area contributed by atoms with E-state index in [9.17, 15) is 5.11 Å². The molecule has 2 atom stereocenters. The van der Waals surface area contributed by atoms with Crippen molar-refractivity contribution < 1.29 is 9.84 Å². The summed E-state index contributed by atoms with van der Waals surface area (Å²) in [5, 5.41) is 10.5. The van der Waals surface area contributed by atoms with Gasteiger partial charge in [0.25, 0.3) is 0 Å².